The molecule has 2 aromatic rings. The number of ether oxygens (including phenoxy) is 1. The van der Waals surface area contributed by atoms with Gasteiger partial charge in [0.2, 0.25) is 0 Å². The summed E-state index contributed by atoms with van der Waals surface area (Å²) < 4.78 is 5.15. The molecule has 0 aliphatic heterocycles. The van der Waals surface area contributed by atoms with E-state index in [0.717, 1.165) is 16.8 Å². The van der Waals surface area contributed by atoms with Gasteiger partial charge in [-0.2, -0.15) is 0 Å². The molecule has 0 bridgehead atoms. The Balaban J connectivity index is 2.07. The van der Waals surface area contributed by atoms with Crippen LogP contribution in [0.5, 0.6) is 0 Å². The van der Waals surface area contributed by atoms with Crippen LogP contribution in [0.3, 0.4) is 0 Å². The first kappa shape index (κ1) is 15.8. The van der Waals surface area contributed by atoms with Crippen LogP contribution in [0.1, 0.15) is 25.0 Å². The van der Waals surface area contributed by atoms with Crippen molar-refractivity contribution in [2.24, 2.45) is 5.92 Å². The Morgan fingerprint density at radius 3 is 2.45 bits per heavy atom. The summed E-state index contributed by atoms with van der Waals surface area (Å²) in [4.78, 5) is 11.8. The van der Waals surface area contributed by atoms with Gasteiger partial charge in [0.05, 0.1) is 12.3 Å². The van der Waals surface area contributed by atoms with E-state index >= 15 is 0 Å². The summed E-state index contributed by atoms with van der Waals surface area (Å²) in [5.41, 5.74) is 2.79. The fourth-order valence-electron chi connectivity index (χ4n) is 1.89. The zero-order valence-electron chi connectivity index (χ0n) is 13.0. The van der Waals surface area contributed by atoms with Gasteiger partial charge in [0.15, 0.2) is 0 Å². The molecule has 0 unspecified atom stereocenters. The fourth-order valence-corrected chi connectivity index (χ4v) is 1.89. The predicted molar refractivity (Wildman–Crippen MR) is 91.6 cm³/mol. The van der Waals surface area contributed by atoms with Crippen LogP contribution in [0.25, 0.3) is 12.2 Å². The molecule has 22 heavy (non-hydrogen) atoms. The van der Waals surface area contributed by atoms with Crippen LogP contribution in [0, 0.1) is 5.92 Å². The summed E-state index contributed by atoms with van der Waals surface area (Å²) in [6.45, 7) is 4.42. The summed E-state index contributed by atoms with van der Waals surface area (Å²) in [5, 5.41) is 2.79. The molecule has 1 amide bonds. The molecule has 0 saturated heterocycles. The molecule has 2 aromatic carbocycles. The number of hydrogen-bond acceptors (Lipinski definition) is 2. The number of hydrogen-bond donors (Lipinski definition) is 1. The van der Waals surface area contributed by atoms with Crippen LogP contribution in [-0.2, 0) is 4.74 Å². The highest BCUT2D eigenvalue weighted by molar-refractivity contribution is 5.89. The number of rotatable bonds is 5. The molecule has 3 nitrogen and oxygen atoms in total. The fraction of sp³-hybridized carbons (Fsp3) is 0.211. The van der Waals surface area contributed by atoms with Gasteiger partial charge in [0.25, 0.3) is 0 Å². The van der Waals surface area contributed by atoms with Crippen molar-refractivity contribution in [1.82, 2.24) is 0 Å². The number of nitrogens with one attached hydrogen (secondary N) is 1. The zero-order chi connectivity index (χ0) is 15.8. The maximum absolute atomic E-state index is 11.8. The second-order valence-electron chi connectivity index (χ2n) is 5.45. The third-order valence-corrected chi connectivity index (χ3v) is 3.00. The Hall–Kier alpha value is -2.55. The molecule has 0 spiro atoms. The molecular weight excluding hydrogens is 274 g/mol. The highest BCUT2D eigenvalue weighted by atomic mass is 16.5. The van der Waals surface area contributed by atoms with Crippen molar-refractivity contribution in [2.45, 2.75) is 13.8 Å². The molecule has 3 heteroatoms. The van der Waals surface area contributed by atoms with E-state index in [2.05, 4.69) is 5.32 Å². The molecule has 0 fully saturated rings. The van der Waals surface area contributed by atoms with Crippen LogP contribution in [0.2, 0.25) is 0 Å². The molecule has 0 atom stereocenters. The van der Waals surface area contributed by atoms with Gasteiger partial charge in [0, 0.05) is 0 Å². The van der Waals surface area contributed by atoms with Crippen LogP contribution in [0.15, 0.2) is 54.6 Å². The number of anilines is 1. The zero-order valence-corrected chi connectivity index (χ0v) is 13.0. The Morgan fingerprint density at radius 1 is 1.05 bits per heavy atom. The molecule has 0 aliphatic carbocycles. The summed E-state index contributed by atoms with van der Waals surface area (Å²) >= 11 is 0. The van der Waals surface area contributed by atoms with Crippen molar-refractivity contribution in [3.8, 4) is 0 Å². The van der Waals surface area contributed by atoms with Gasteiger partial charge in [-0.25, -0.2) is 4.79 Å². The Labute approximate surface area is 131 Å². The molecule has 1 N–H and O–H groups in total. The van der Waals surface area contributed by atoms with E-state index in [-0.39, 0.29) is 0 Å². The molecular formula is C19H21NO2. The maximum atomic E-state index is 11.8. The van der Waals surface area contributed by atoms with Crippen molar-refractivity contribution in [1.29, 1.82) is 0 Å². The van der Waals surface area contributed by atoms with E-state index in [1.165, 1.54) is 0 Å². The lowest BCUT2D eigenvalue weighted by atomic mass is 10.1. The summed E-state index contributed by atoms with van der Waals surface area (Å²) in [7, 11) is 0. The lowest BCUT2D eigenvalue weighted by molar-refractivity contribution is 0.147. The highest BCUT2D eigenvalue weighted by Gasteiger charge is 2.06. The minimum absolute atomic E-state index is 0.318. The molecule has 0 saturated carbocycles. The first-order chi connectivity index (χ1) is 10.6. The first-order valence-corrected chi connectivity index (χ1v) is 7.41. The van der Waals surface area contributed by atoms with Gasteiger partial charge in [0.1, 0.15) is 0 Å². The van der Waals surface area contributed by atoms with Gasteiger partial charge in [-0.3, -0.25) is 5.32 Å². The van der Waals surface area contributed by atoms with Crippen molar-refractivity contribution >= 4 is 23.9 Å². The number of carbonyl (C=O) groups is 1. The van der Waals surface area contributed by atoms with Gasteiger partial charge in [-0.1, -0.05) is 74.5 Å². The van der Waals surface area contributed by atoms with Crippen molar-refractivity contribution in [2.75, 3.05) is 11.9 Å². The summed E-state index contributed by atoms with van der Waals surface area (Å²) in [6, 6.07) is 17.7. The van der Waals surface area contributed by atoms with Crippen LogP contribution in [-0.4, -0.2) is 12.7 Å². The molecule has 0 radical (unpaired) electrons. The van der Waals surface area contributed by atoms with Gasteiger partial charge >= 0.3 is 6.09 Å². The second kappa shape index (κ2) is 8.03. The molecule has 0 aliphatic rings. The van der Waals surface area contributed by atoms with E-state index in [0.29, 0.717) is 12.5 Å². The van der Waals surface area contributed by atoms with E-state index in [4.69, 9.17) is 4.74 Å². The minimum atomic E-state index is -0.422. The summed E-state index contributed by atoms with van der Waals surface area (Å²) in [6.07, 6.45) is 3.57. The number of benzene rings is 2. The second-order valence-corrected chi connectivity index (χ2v) is 5.45. The standard InChI is InChI=1S/C19H21NO2/c1-15(2)14-22-19(21)20-18-11-7-6-10-17(18)13-12-16-8-4-3-5-9-16/h3-13,15H,14H2,1-2H3,(H,20,21)/b13-12+. The highest BCUT2D eigenvalue weighted by Crippen LogP contribution is 2.18. The van der Waals surface area contributed by atoms with Crippen LogP contribution < -0.4 is 5.32 Å². The van der Waals surface area contributed by atoms with E-state index < -0.39 is 6.09 Å². The lowest BCUT2D eigenvalue weighted by Gasteiger charge is -2.10. The quantitative estimate of drug-likeness (QED) is 0.783. The Morgan fingerprint density at radius 2 is 1.73 bits per heavy atom. The van der Waals surface area contributed by atoms with Crippen LogP contribution >= 0.6 is 0 Å². The van der Waals surface area contributed by atoms with Crippen molar-refractivity contribution < 1.29 is 9.53 Å². The van der Waals surface area contributed by atoms with Gasteiger partial charge in [-0.15, -0.1) is 0 Å². The summed E-state index contributed by atoms with van der Waals surface area (Å²) in [5.74, 6) is 0.318. The third kappa shape index (κ3) is 5.09. The van der Waals surface area contributed by atoms with Crippen LogP contribution in [0.4, 0.5) is 10.5 Å². The largest absolute Gasteiger partial charge is 0.449 e. The average Bonchev–Trinajstić information content (AvgIpc) is 2.53. The third-order valence-electron chi connectivity index (χ3n) is 3.00. The van der Waals surface area contributed by atoms with Crippen molar-refractivity contribution in [3.05, 3.63) is 65.7 Å². The molecule has 0 aromatic heterocycles. The molecule has 2 rings (SSSR count). The Kier molecular flexibility index (Phi) is 5.78. The lowest BCUT2D eigenvalue weighted by Crippen LogP contribution is -2.17. The smallest absolute Gasteiger partial charge is 0.411 e. The van der Waals surface area contributed by atoms with Crippen molar-refractivity contribution in [3.63, 3.8) is 0 Å². The maximum Gasteiger partial charge on any atom is 0.411 e. The van der Waals surface area contributed by atoms with Gasteiger partial charge < -0.3 is 4.74 Å². The van der Waals surface area contributed by atoms with E-state index in [1.807, 2.05) is 80.6 Å². The number of para-hydroxylation sites is 1. The predicted octanol–water partition coefficient (Wildman–Crippen LogP) is 5.06. The normalized spacial score (nSPS) is 10.9. The monoisotopic (exact) mass is 295 g/mol. The minimum Gasteiger partial charge on any atom is -0.449 e. The Bertz CT molecular complexity index is 633. The molecule has 0 heterocycles. The molecule has 114 valence electrons. The number of amides is 1. The number of carbonyl (C=O) groups excluding carboxylic acids is 1. The SMILES string of the molecule is CC(C)COC(=O)Nc1ccccc1/C=C/c1ccccc1. The first-order valence-electron chi connectivity index (χ1n) is 7.41. The average molecular weight is 295 g/mol. The van der Waals surface area contributed by atoms with E-state index in [1.54, 1.807) is 0 Å². The topological polar surface area (TPSA) is 38.3 Å². The van der Waals surface area contributed by atoms with Gasteiger partial charge in [-0.05, 0) is 23.1 Å². The van der Waals surface area contributed by atoms with E-state index in [9.17, 15) is 4.79 Å².